The number of sulfone groups is 1. The standard InChI is InChI=1S/C20H20FN3O4S2/c1-30(25,26)13-2-3-14(16(21)4-13)15-9-29-19-17(15)23-10-24-20(19)28-18-11-5-22-6-12(18)8-27-7-11/h2-4,9-12,18,22H,5-8H2,1H3. The van der Waals surface area contributed by atoms with E-state index in [1.807, 2.05) is 0 Å². The molecule has 2 aliphatic rings. The maximum absolute atomic E-state index is 14.7. The molecule has 2 atom stereocenters. The van der Waals surface area contributed by atoms with Crippen LogP contribution in [0, 0.1) is 17.7 Å². The fraction of sp³-hybridized carbons (Fsp3) is 0.400. The van der Waals surface area contributed by atoms with Crippen molar-refractivity contribution in [2.45, 2.75) is 11.0 Å². The van der Waals surface area contributed by atoms with Crippen molar-refractivity contribution in [1.82, 2.24) is 15.3 Å². The number of aromatic nitrogens is 2. The van der Waals surface area contributed by atoms with E-state index in [1.165, 1.54) is 29.8 Å². The van der Waals surface area contributed by atoms with Crippen LogP contribution in [0.3, 0.4) is 0 Å². The predicted octanol–water partition coefficient (Wildman–Crippen LogP) is 2.51. The number of fused-ring (bicyclic) bond motifs is 3. The van der Waals surface area contributed by atoms with E-state index in [9.17, 15) is 12.8 Å². The molecule has 0 radical (unpaired) electrons. The van der Waals surface area contributed by atoms with Crippen LogP contribution < -0.4 is 10.1 Å². The van der Waals surface area contributed by atoms with Gasteiger partial charge in [0, 0.05) is 47.7 Å². The SMILES string of the molecule is CS(=O)(=O)c1ccc(-c2csc3c(OC4C5CNCC4COC5)ncnc23)c(F)c1. The molecule has 2 aromatic heterocycles. The summed E-state index contributed by atoms with van der Waals surface area (Å²) in [6.07, 6.45) is 2.48. The van der Waals surface area contributed by atoms with E-state index in [-0.39, 0.29) is 22.8 Å². The van der Waals surface area contributed by atoms with Crippen molar-refractivity contribution in [2.75, 3.05) is 32.6 Å². The normalized spacial score (nSPS) is 24.1. The number of piperidine rings is 1. The summed E-state index contributed by atoms with van der Waals surface area (Å²) < 4.78 is 50.9. The van der Waals surface area contributed by atoms with Gasteiger partial charge in [0.15, 0.2) is 9.84 Å². The molecule has 2 unspecified atom stereocenters. The van der Waals surface area contributed by atoms with E-state index in [2.05, 4.69) is 15.3 Å². The Bertz CT molecular complexity index is 1190. The Labute approximate surface area is 177 Å². The zero-order valence-corrected chi connectivity index (χ0v) is 17.8. The summed E-state index contributed by atoms with van der Waals surface area (Å²) in [5, 5.41) is 5.21. The molecule has 0 amide bonds. The second kappa shape index (κ2) is 7.52. The molecular weight excluding hydrogens is 429 g/mol. The van der Waals surface area contributed by atoms with E-state index >= 15 is 0 Å². The first kappa shape index (κ1) is 19.8. The van der Waals surface area contributed by atoms with Crippen molar-refractivity contribution in [3.05, 3.63) is 35.7 Å². The zero-order valence-electron chi connectivity index (χ0n) is 16.2. The van der Waals surface area contributed by atoms with Crippen LogP contribution in [-0.2, 0) is 14.6 Å². The van der Waals surface area contributed by atoms with Gasteiger partial charge in [-0.15, -0.1) is 11.3 Å². The monoisotopic (exact) mass is 449 g/mol. The summed E-state index contributed by atoms with van der Waals surface area (Å²) in [6, 6.07) is 3.93. The molecule has 1 N–H and O–H groups in total. The van der Waals surface area contributed by atoms with Crippen LogP contribution in [-0.4, -0.2) is 57.0 Å². The second-order valence-electron chi connectivity index (χ2n) is 7.72. The first-order valence-electron chi connectivity index (χ1n) is 9.59. The number of hydrogen-bond acceptors (Lipinski definition) is 8. The van der Waals surface area contributed by atoms with Gasteiger partial charge in [-0.3, -0.25) is 0 Å². The topological polar surface area (TPSA) is 90.4 Å². The van der Waals surface area contributed by atoms with E-state index < -0.39 is 15.7 Å². The van der Waals surface area contributed by atoms with Crippen LogP contribution in [0.5, 0.6) is 5.88 Å². The highest BCUT2D eigenvalue weighted by atomic mass is 32.2. The minimum Gasteiger partial charge on any atom is -0.472 e. The predicted molar refractivity (Wildman–Crippen MR) is 111 cm³/mol. The molecule has 4 heterocycles. The quantitative estimate of drug-likeness (QED) is 0.655. The Hall–Kier alpha value is -2.14. The first-order chi connectivity index (χ1) is 14.4. The van der Waals surface area contributed by atoms with Crippen LogP contribution in [0.15, 0.2) is 34.8 Å². The van der Waals surface area contributed by atoms with Crippen molar-refractivity contribution in [3.63, 3.8) is 0 Å². The van der Waals surface area contributed by atoms with Gasteiger partial charge in [0.05, 0.1) is 23.6 Å². The smallest absolute Gasteiger partial charge is 0.235 e. The lowest BCUT2D eigenvalue weighted by Crippen LogP contribution is -2.56. The van der Waals surface area contributed by atoms with Gasteiger partial charge in [-0.2, -0.15) is 0 Å². The Balaban J connectivity index is 1.51. The van der Waals surface area contributed by atoms with E-state index in [1.54, 1.807) is 5.38 Å². The van der Waals surface area contributed by atoms with Gasteiger partial charge in [-0.25, -0.2) is 22.8 Å². The van der Waals surface area contributed by atoms with Gasteiger partial charge in [-0.05, 0) is 12.1 Å². The third-order valence-electron chi connectivity index (χ3n) is 5.63. The molecule has 0 aliphatic carbocycles. The summed E-state index contributed by atoms with van der Waals surface area (Å²) in [5.74, 6) is 0.391. The van der Waals surface area contributed by atoms with Crippen LogP contribution in [0.2, 0.25) is 0 Å². The highest BCUT2D eigenvalue weighted by Crippen LogP contribution is 2.39. The maximum Gasteiger partial charge on any atom is 0.235 e. The molecule has 2 aliphatic heterocycles. The summed E-state index contributed by atoms with van der Waals surface area (Å²) in [7, 11) is -3.48. The fourth-order valence-electron chi connectivity index (χ4n) is 4.12. The Morgan fingerprint density at radius 1 is 1.20 bits per heavy atom. The van der Waals surface area contributed by atoms with Crippen molar-refractivity contribution in [2.24, 2.45) is 11.8 Å². The number of nitrogens with one attached hydrogen (secondary N) is 1. The van der Waals surface area contributed by atoms with Crippen LogP contribution >= 0.6 is 11.3 Å². The van der Waals surface area contributed by atoms with Gasteiger partial charge in [-0.1, -0.05) is 6.07 Å². The Kier molecular flexibility index (Phi) is 4.97. The van der Waals surface area contributed by atoms with Crippen molar-refractivity contribution < 1.29 is 22.3 Å². The number of rotatable bonds is 4. The third kappa shape index (κ3) is 3.47. The second-order valence-corrected chi connectivity index (χ2v) is 10.6. The van der Waals surface area contributed by atoms with Gasteiger partial charge >= 0.3 is 0 Å². The maximum atomic E-state index is 14.7. The number of thiophene rings is 1. The number of hydrogen-bond donors (Lipinski definition) is 1. The fourth-order valence-corrected chi connectivity index (χ4v) is 5.70. The van der Waals surface area contributed by atoms with Gasteiger partial charge in [0.25, 0.3) is 0 Å². The zero-order chi connectivity index (χ0) is 20.9. The number of nitrogens with zero attached hydrogens (tertiary/aromatic N) is 2. The minimum atomic E-state index is -3.48. The van der Waals surface area contributed by atoms with Crippen molar-refractivity contribution in [1.29, 1.82) is 0 Å². The lowest BCUT2D eigenvalue weighted by atomic mass is 9.86. The molecule has 3 aromatic rings. The molecule has 2 fully saturated rings. The van der Waals surface area contributed by atoms with Crippen LogP contribution in [0.25, 0.3) is 21.3 Å². The van der Waals surface area contributed by atoms with Crippen molar-refractivity contribution in [3.8, 4) is 17.0 Å². The Morgan fingerprint density at radius 2 is 1.97 bits per heavy atom. The lowest BCUT2D eigenvalue weighted by Gasteiger charge is -2.41. The average Bonchev–Trinajstić information content (AvgIpc) is 3.12. The summed E-state index contributed by atoms with van der Waals surface area (Å²) >= 11 is 1.39. The molecule has 2 bridgehead atoms. The molecule has 158 valence electrons. The molecule has 0 spiro atoms. The summed E-state index contributed by atoms with van der Waals surface area (Å²) in [6.45, 7) is 2.97. The molecule has 1 aromatic carbocycles. The minimum absolute atomic E-state index is 0.00873. The first-order valence-corrected chi connectivity index (χ1v) is 12.4. The van der Waals surface area contributed by atoms with E-state index in [0.717, 1.165) is 30.1 Å². The largest absolute Gasteiger partial charge is 0.472 e. The molecule has 10 heteroatoms. The molecule has 0 saturated carbocycles. The molecule has 7 nitrogen and oxygen atoms in total. The number of halogens is 1. The van der Waals surface area contributed by atoms with Gasteiger partial charge < -0.3 is 14.8 Å². The van der Waals surface area contributed by atoms with E-state index in [0.29, 0.717) is 35.7 Å². The number of ether oxygens (including phenoxy) is 2. The Morgan fingerprint density at radius 3 is 2.67 bits per heavy atom. The van der Waals surface area contributed by atoms with E-state index in [4.69, 9.17) is 9.47 Å². The van der Waals surface area contributed by atoms with Crippen LogP contribution in [0.4, 0.5) is 4.39 Å². The average molecular weight is 450 g/mol. The third-order valence-corrected chi connectivity index (χ3v) is 7.70. The van der Waals surface area contributed by atoms with Gasteiger partial charge in [0.1, 0.15) is 22.9 Å². The lowest BCUT2D eigenvalue weighted by molar-refractivity contribution is -0.0828. The molecule has 2 saturated heterocycles. The summed E-state index contributed by atoms with van der Waals surface area (Å²) in [4.78, 5) is 8.65. The van der Waals surface area contributed by atoms with Crippen molar-refractivity contribution >= 4 is 31.4 Å². The van der Waals surface area contributed by atoms with Gasteiger partial charge in [0.2, 0.25) is 5.88 Å². The molecule has 30 heavy (non-hydrogen) atoms. The highest BCUT2D eigenvalue weighted by Gasteiger charge is 2.39. The highest BCUT2D eigenvalue weighted by molar-refractivity contribution is 7.90. The van der Waals surface area contributed by atoms with Crippen LogP contribution in [0.1, 0.15) is 0 Å². The molecule has 5 rings (SSSR count). The number of benzene rings is 1. The molecular formula is C20H20FN3O4S2. The summed E-state index contributed by atoms with van der Waals surface area (Å²) in [5.41, 5.74) is 1.48.